The Hall–Kier alpha value is -4.19. The van der Waals surface area contributed by atoms with Crippen molar-refractivity contribution in [3.8, 4) is 17.4 Å². The Morgan fingerprint density at radius 3 is 2.56 bits per heavy atom. The number of benzene rings is 3. The van der Waals surface area contributed by atoms with E-state index in [1.165, 1.54) is 11.1 Å². The van der Waals surface area contributed by atoms with Crippen molar-refractivity contribution >= 4 is 23.6 Å². The number of hydrogen-bond donors (Lipinski definition) is 4. The van der Waals surface area contributed by atoms with Crippen molar-refractivity contribution in [1.82, 2.24) is 21.3 Å². The number of carbonyl (C=O) groups is 1. The van der Waals surface area contributed by atoms with Crippen molar-refractivity contribution in [2.24, 2.45) is 0 Å². The first-order valence-corrected chi connectivity index (χ1v) is 15.9. The van der Waals surface area contributed by atoms with Gasteiger partial charge in [-0.25, -0.2) is 0 Å². The second-order valence-corrected chi connectivity index (χ2v) is 12.0. The van der Waals surface area contributed by atoms with Crippen LogP contribution in [0.4, 0.5) is 0 Å². The first kappa shape index (κ1) is 32.2. The van der Waals surface area contributed by atoms with Crippen LogP contribution in [0.1, 0.15) is 64.2 Å². The highest BCUT2D eigenvalue weighted by atomic mass is 35.5. The van der Waals surface area contributed by atoms with Crippen LogP contribution in [0.25, 0.3) is 17.4 Å². The molecule has 1 aromatic heterocycles. The van der Waals surface area contributed by atoms with E-state index in [2.05, 4.69) is 65.4 Å². The summed E-state index contributed by atoms with van der Waals surface area (Å²) < 4.78 is 6.16. The van der Waals surface area contributed by atoms with Crippen molar-refractivity contribution in [1.29, 1.82) is 5.26 Å². The lowest BCUT2D eigenvalue weighted by Crippen LogP contribution is -2.47. The van der Waals surface area contributed by atoms with Gasteiger partial charge >= 0.3 is 0 Å². The number of amides is 1. The molecule has 0 bridgehead atoms. The lowest BCUT2D eigenvalue weighted by molar-refractivity contribution is 0.0943. The lowest BCUT2D eigenvalue weighted by Gasteiger charge is -2.26. The van der Waals surface area contributed by atoms with Gasteiger partial charge in [0.05, 0.1) is 34.8 Å². The maximum Gasteiger partial charge on any atom is 0.253 e. The molecule has 5 rings (SSSR count). The van der Waals surface area contributed by atoms with Crippen LogP contribution in [0, 0.1) is 18.3 Å². The first-order valence-electron chi connectivity index (χ1n) is 15.5. The fourth-order valence-electron chi connectivity index (χ4n) is 5.34. The summed E-state index contributed by atoms with van der Waals surface area (Å²) in [6.45, 7) is 7.33. The maximum absolute atomic E-state index is 13.6. The van der Waals surface area contributed by atoms with Gasteiger partial charge in [-0.05, 0) is 93.4 Å². The van der Waals surface area contributed by atoms with E-state index in [1.54, 1.807) is 24.3 Å². The summed E-state index contributed by atoms with van der Waals surface area (Å²) in [6, 6.07) is 27.6. The summed E-state index contributed by atoms with van der Waals surface area (Å²) in [5.74, 6) is 1.22. The highest BCUT2D eigenvalue weighted by Gasteiger charge is 2.19. The van der Waals surface area contributed by atoms with Crippen molar-refractivity contribution in [3.05, 3.63) is 124 Å². The first-order chi connectivity index (χ1) is 21.9. The Morgan fingerprint density at radius 2 is 1.82 bits per heavy atom. The van der Waals surface area contributed by atoms with Gasteiger partial charge in [0.1, 0.15) is 11.5 Å². The van der Waals surface area contributed by atoms with Crippen LogP contribution in [-0.4, -0.2) is 37.6 Å². The van der Waals surface area contributed by atoms with Crippen molar-refractivity contribution in [3.63, 3.8) is 0 Å². The van der Waals surface area contributed by atoms with Crippen LogP contribution < -0.4 is 21.3 Å². The Labute approximate surface area is 270 Å². The molecule has 7 nitrogen and oxygen atoms in total. The summed E-state index contributed by atoms with van der Waals surface area (Å²) in [5.41, 5.74) is 5.18. The van der Waals surface area contributed by atoms with Crippen LogP contribution >= 0.6 is 11.6 Å². The molecule has 0 spiro atoms. The van der Waals surface area contributed by atoms with Crippen LogP contribution in [0.2, 0.25) is 5.02 Å². The molecule has 1 fully saturated rings. The molecule has 1 aliphatic heterocycles. The second-order valence-electron chi connectivity index (χ2n) is 11.6. The number of nitriles is 1. The minimum absolute atomic E-state index is 0.174. The van der Waals surface area contributed by atoms with Gasteiger partial charge in [0.15, 0.2) is 0 Å². The second kappa shape index (κ2) is 15.7. The lowest BCUT2D eigenvalue weighted by atomic mass is 10.1. The van der Waals surface area contributed by atoms with Crippen LogP contribution in [-0.2, 0) is 6.54 Å². The van der Waals surface area contributed by atoms with E-state index in [0.717, 1.165) is 42.8 Å². The SMILES string of the molecule is Cc1ccc([C@@H](C)NCc2ccc(-c3ccc(Cl)c(C(=O)N[C@H](/C=C/c4ccc(C#N)cc4)CNC4CCNCC4)c3)o2)cc1. The Bertz CT molecular complexity index is 1630. The minimum atomic E-state index is -0.278. The Balaban J connectivity index is 1.26. The third-order valence-electron chi connectivity index (χ3n) is 8.16. The Morgan fingerprint density at radius 1 is 1.07 bits per heavy atom. The minimum Gasteiger partial charge on any atom is -0.460 e. The molecule has 232 valence electrons. The number of hydrogen-bond acceptors (Lipinski definition) is 6. The van der Waals surface area contributed by atoms with Gasteiger partial charge in [0.25, 0.3) is 5.91 Å². The molecule has 1 amide bonds. The van der Waals surface area contributed by atoms with E-state index in [1.807, 2.05) is 42.5 Å². The molecule has 3 aromatic carbocycles. The zero-order chi connectivity index (χ0) is 31.6. The molecule has 1 saturated heterocycles. The van der Waals surface area contributed by atoms with E-state index >= 15 is 0 Å². The summed E-state index contributed by atoms with van der Waals surface area (Å²) in [7, 11) is 0. The summed E-state index contributed by atoms with van der Waals surface area (Å²) >= 11 is 6.55. The Kier molecular flexibility index (Phi) is 11.2. The molecule has 4 aromatic rings. The third-order valence-corrected chi connectivity index (χ3v) is 8.49. The van der Waals surface area contributed by atoms with E-state index in [4.69, 9.17) is 21.3 Å². The van der Waals surface area contributed by atoms with Crippen LogP contribution in [0.5, 0.6) is 0 Å². The van der Waals surface area contributed by atoms with Gasteiger partial charge in [-0.2, -0.15) is 5.26 Å². The van der Waals surface area contributed by atoms with Gasteiger partial charge < -0.3 is 25.7 Å². The summed E-state index contributed by atoms with van der Waals surface area (Å²) in [5, 5.41) is 23.2. The molecule has 0 aliphatic carbocycles. The molecule has 0 radical (unpaired) electrons. The van der Waals surface area contributed by atoms with Crippen LogP contribution in [0.15, 0.2) is 89.4 Å². The van der Waals surface area contributed by atoms with E-state index in [9.17, 15) is 4.79 Å². The molecule has 4 N–H and O–H groups in total. The number of furan rings is 1. The molecule has 2 heterocycles. The zero-order valence-electron chi connectivity index (χ0n) is 25.8. The fourth-order valence-corrected chi connectivity index (χ4v) is 5.54. The molecular weight excluding hydrogens is 582 g/mol. The fraction of sp³-hybridized carbons (Fsp3) is 0.297. The molecule has 45 heavy (non-hydrogen) atoms. The highest BCUT2D eigenvalue weighted by molar-refractivity contribution is 6.34. The standard InChI is InChI=1S/C37H40ClN5O2/c1-25-3-10-29(11-4-25)26(2)41-24-33-14-16-36(45-33)30-12-15-35(38)34(21-30)37(44)43-32(23-42-31-17-19-40-20-18-31)13-9-27-5-7-28(22-39)8-6-27/h3-16,21,26,31-32,40-42H,17-20,23-24H2,1-2H3,(H,43,44)/b13-9+/t26-,32-/m1/s1. The number of rotatable bonds is 12. The number of piperidine rings is 1. The highest BCUT2D eigenvalue weighted by Crippen LogP contribution is 2.27. The number of carbonyl (C=O) groups excluding carboxylic acids is 1. The zero-order valence-corrected chi connectivity index (χ0v) is 26.5. The van der Waals surface area contributed by atoms with Gasteiger partial charge in [-0.3, -0.25) is 4.79 Å². The summed E-state index contributed by atoms with van der Waals surface area (Å²) in [4.78, 5) is 13.6. The van der Waals surface area contributed by atoms with Gasteiger partial charge in [0.2, 0.25) is 0 Å². The normalized spacial score (nSPS) is 15.1. The van der Waals surface area contributed by atoms with Gasteiger partial charge in [0, 0.05) is 24.2 Å². The van der Waals surface area contributed by atoms with Gasteiger partial charge in [-0.15, -0.1) is 0 Å². The molecular formula is C37H40ClN5O2. The maximum atomic E-state index is 13.6. The topological polar surface area (TPSA) is 102 Å². The quantitative estimate of drug-likeness (QED) is 0.139. The van der Waals surface area contributed by atoms with Crippen molar-refractivity contribution < 1.29 is 9.21 Å². The van der Waals surface area contributed by atoms with Crippen molar-refractivity contribution in [2.75, 3.05) is 19.6 Å². The smallest absolute Gasteiger partial charge is 0.253 e. The molecule has 2 atom stereocenters. The largest absolute Gasteiger partial charge is 0.460 e. The summed E-state index contributed by atoms with van der Waals surface area (Å²) in [6.07, 6.45) is 6.03. The molecule has 0 unspecified atom stereocenters. The number of aryl methyl sites for hydroxylation is 1. The molecule has 8 heteroatoms. The van der Waals surface area contributed by atoms with Gasteiger partial charge in [-0.1, -0.05) is 65.7 Å². The van der Waals surface area contributed by atoms with Crippen molar-refractivity contribution in [2.45, 2.75) is 51.4 Å². The van der Waals surface area contributed by atoms with Crippen LogP contribution in [0.3, 0.4) is 0 Å². The number of nitrogens with zero attached hydrogens (tertiary/aromatic N) is 1. The van der Waals surface area contributed by atoms with E-state index in [0.29, 0.717) is 41.0 Å². The van der Waals surface area contributed by atoms with E-state index < -0.39 is 0 Å². The monoisotopic (exact) mass is 621 g/mol. The predicted molar refractivity (Wildman–Crippen MR) is 181 cm³/mol. The third kappa shape index (κ3) is 9.16. The number of nitrogens with one attached hydrogen (secondary N) is 4. The molecule has 1 aliphatic rings. The number of halogens is 1. The average Bonchev–Trinajstić information content (AvgIpc) is 3.55. The predicted octanol–water partition coefficient (Wildman–Crippen LogP) is 6.78. The van der Waals surface area contributed by atoms with E-state index in [-0.39, 0.29) is 18.0 Å². The molecule has 0 saturated carbocycles. The average molecular weight is 622 g/mol.